The molecular weight excluding hydrogens is 184 g/mol. The number of rotatable bonds is 5. The lowest BCUT2D eigenvalue weighted by Crippen LogP contribution is -2.53. The second-order valence-electron chi connectivity index (χ2n) is 3.85. The first-order chi connectivity index (χ1) is 6.29. The smallest absolute Gasteiger partial charge is 0.305 e. The topological polar surface area (TPSA) is 78.4 Å². The van der Waals surface area contributed by atoms with Crippen molar-refractivity contribution >= 4 is 11.9 Å². The van der Waals surface area contributed by atoms with Gasteiger partial charge in [-0.15, -0.1) is 0 Å². The van der Waals surface area contributed by atoms with Gasteiger partial charge in [0.25, 0.3) is 0 Å². The zero-order valence-corrected chi connectivity index (χ0v) is 9.05. The fourth-order valence-corrected chi connectivity index (χ4v) is 0.831. The van der Waals surface area contributed by atoms with Gasteiger partial charge in [-0.1, -0.05) is 0 Å². The van der Waals surface area contributed by atoms with E-state index in [9.17, 15) is 9.59 Å². The molecule has 82 valence electrons. The quantitative estimate of drug-likeness (QED) is 0.584. The minimum atomic E-state index is -0.917. The van der Waals surface area contributed by atoms with E-state index in [2.05, 4.69) is 10.6 Å². The lowest BCUT2D eigenvalue weighted by Gasteiger charge is -2.24. The number of nitrogens with one attached hydrogen (secondary N) is 2. The van der Waals surface area contributed by atoms with Crippen molar-refractivity contribution in [3.8, 4) is 0 Å². The Morgan fingerprint density at radius 2 is 1.93 bits per heavy atom. The molecule has 1 atom stereocenters. The van der Waals surface area contributed by atoms with Crippen LogP contribution < -0.4 is 10.6 Å². The molecule has 0 aromatic heterocycles. The summed E-state index contributed by atoms with van der Waals surface area (Å²) >= 11 is 0. The van der Waals surface area contributed by atoms with Crippen LogP contribution in [0.3, 0.4) is 0 Å². The van der Waals surface area contributed by atoms with Crippen molar-refractivity contribution < 1.29 is 14.7 Å². The number of carboxylic acids is 1. The molecule has 0 aromatic rings. The van der Waals surface area contributed by atoms with E-state index >= 15 is 0 Å². The molecule has 0 saturated heterocycles. The van der Waals surface area contributed by atoms with E-state index in [0.717, 1.165) is 0 Å². The summed E-state index contributed by atoms with van der Waals surface area (Å²) in [6.45, 7) is 5.13. The summed E-state index contributed by atoms with van der Waals surface area (Å²) in [5.41, 5.74) is -0.674. The highest BCUT2D eigenvalue weighted by atomic mass is 16.4. The number of hydrogen-bond donors (Lipinski definition) is 3. The summed E-state index contributed by atoms with van der Waals surface area (Å²) in [7, 11) is 1.68. The highest BCUT2D eigenvalue weighted by molar-refractivity contribution is 5.86. The predicted octanol–water partition coefficient (Wildman–Crippen LogP) is -0.0362. The van der Waals surface area contributed by atoms with Crippen molar-refractivity contribution in [1.82, 2.24) is 10.6 Å². The molecule has 0 radical (unpaired) electrons. The lowest BCUT2D eigenvalue weighted by atomic mass is 10.0. The van der Waals surface area contributed by atoms with Crippen LogP contribution in [-0.4, -0.2) is 35.6 Å². The SMILES string of the molecule is CNC(C)(C)C(=O)NC(C)CC(=O)O. The molecule has 5 heteroatoms. The lowest BCUT2D eigenvalue weighted by molar-refractivity contribution is -0.137. The summed E-state index contributed by atoms with van der Waals surface area (Å²) in [6, 6.07) is -0.354. The van der Waals surface area contributed by atoms with Gasteiger partial charge in [-0.2, -0.15) is 0 Å². The third-order valence-electron chi connectivity index (χ3n) is 2.05. The fourth-order valence-electron chi connectivity index (χ4n) is 0.831. The van der Waals surface area contributed by atoms with Gasteiger partial charge in [0, 0.05) is 6.04 Å². The second-order valence-corrected chi connectivity index (χ2v) is 3.85. The third-order valence-corrected chi connectivity index (χ3v) is 2.05. The van der Waals surface area contributed by atoms with Gasteiger partial charge < -0.3 is 15.7 Å². The maximum absolute atomic E-state index is 11.5. The summed E-state index contributed by atoms with van der Waals surface area (Å²) in [6.07, 6.45) is -0.0640. The Labute approximate surface area is 83.9 Å². The van der Waals surface area contributed by atoms with Gasteiger partial charge in [-0.25, -0.2) is 0 Å². The molecule has 0 aliphatic carbocycles. The zero-order chi connectivity index (χ0) is 11.4. The van der Waals surface area contributed by atoms with Gasteiger partial charge in [0.15, 0.2) is 0 Å². The third kappa shape index (κ3) is 4.23. The average molecular weight is 202 g/mol. The van der Waals surface area contributed by atoms with Gasteiger partial charge in [0.2, 0.25) is 5.91 Å². The summed E-state index contributed by atoms with van der Waals surface area (Å²) in [5.74, 6) is -1.12. The number of aliphatic carboxylic acids is 1. The fraction of sp³-hybridized carbons (Fsp3) is 0.778. The zero-order valence-electron chi connectivity index (χ0n) is 9.05. The van der Waals surface area contributed by atoms with E-state index in [4.69, 9.17) is 5.11 Å². The largest absolute Gasteiger partial charge is 0.481 e. The van der Waals surface area contributed by atoms with Crippen LogP contribution in [-0.2, 0) is 9.59 Å². The maximum Gasteiger partial charge on any atom is 0.305 e. The molecule has 14 heavy (non-hydrogen) atoms. The number of likely N-dealkylation sites (N-methyl/N-ethyl adjacent to an activating group) is 1. The number of carboxylic acid groups (broad SMARTS) is 1. The van der Waals surface area contributed by atoms with Crippen LogP contribution in [0.15, 0.2) is 0 Å². The number of hydrogen-bond acceptors (Lipinski definition) is 3. The van der Waals surface area contributed by atoms with Crippen LogP contribution in [0.4, 0.5) is 0 Å². The molecule has 1 unspecified atom stereocenters. The van der Waals surface area contributed by atoms with Crippen molar-refractivity contribution in [2.45, 2.75) is 38.8 Å². The number of amides is 1. The Bertz CT molecular complexity index is 226. The molecule has 0 aliphatic rings. The van der Waals surface area contributed by atoms with Crippen LogP contribution in [0.25, 0.3) is 0 Å². The maximum atomic E-state index is 11.5. The van der Waals surface area contributed by atoms with Crippen LogP contribution in [0.5, 0.6) is 0 Å². The summed E-state index contributed by atoms with van der Waals surface area (Å²) in [4.78, 5) is 21.9. The van der Waals surface area contributed by atoms with Crippen LogP contribution in [0.1, 0.15) is 27.2 Å². The monoisotopic (exact) mass is 202 g/mol. The number of carbonyl (C=O) groups is 2. The van der Waals surface area contributed by atoms with Gasteiger partial charge in [0.05, 0.1) is 12.0 Å². The normalized spacial score (nSPS) is 13.4. The Morgan fingerprint density at radius 1 is 1.43 bits per heavy atom. The van der Waals surface area contributed by atoms with Gasteiger partial charge in [-0.05, 0) is 27.8 Å². The molecule has 0 fully saturated rings. The highest BCUT2D eigenvalue weighted by Crippen LogP contribution is 2.02. The van der Waals surface area contributed by atoms with Gasteiger partial charge in [-0.3, -0.25) is 9.59 Å². The van der Waals surface area contributed by atoms with Crippen molar-refractivity contribution in [2.75, 3.05) is 7.05 Å². The Balaban J connectivity index is 4.12. The highest BCUT2D eigenvalue weighted by Gasteiger charge is 2.26. The van der Waals surface area contributed by atoms with Crippen molar-refractivity contribution in [3.05, 3.63) is 0 Å². The number of carbonyl (C=O) groups excluding carboxylic acids is 1. The van der Waals surface area contributed by atoms with Gasteiger partial charge in [0.1, 0.15) is 0 Å². The van der Waals surface area contributed by atoms with Crippen molar-refractivity contribution in [2.24, 2.45) is 0 Å². The molecule has 0 aliphatic heterocycles. The first kappa shape index (κ1) is 12.9. The van der Waals surface area contributed by atoms with E-state index in [0.29, 0.717) is 0 Å². The van der Waals surface area contributed by atoms with E-state index in [1.807, 2.05) is 0 Å². The van der Waals surface area contributed by atoms with E-state index in [1.165, 1.54) is 0 Å². The molecular formula is C9H18N2O3. The molecule has 0 saturated carbocycles. The minimum Gasteiger partial charge on any atom is -0.481 e. The molecule has 0 aromatic carbocycles. The second kappa shape index (κ2) is 4.95. The molecule has 0 bridgehead atoms. The van der Waals surface area contributed by atoms with Crippen molar-refractivity contribution in [3.63, 3.8) is 0 Å². The average Bonchev–Trinajstić information content (AvgIpc) is 2.02. The first-order valence-corrected chi connectivity index (χ1v) is 4.51. The molecule has 0 spiro atoms. The summed E-state index contributed by atoms with van der Waals surface area (Å²) in [5, 5.41) is 14.0. The Kier molecular flexibility index (Phi) is 4.56. The standard InChI is InChI=1S/C9H18N2O3/c1-6(5-7(12)13)11-8(14)9(2,3)10-4/h6,10H,5H2,1-4H3,(H,11,14)(H,12,13). The van der Waals surface area contributed by atoms with E-state index < -0.39 is 11.5 Å². The predicted molar refractivity (Wildman–Crippen MR) is 53.0 cm³/mol. The van der Waals surface area contributed by atoms with Crippen molar-refractivity contribution in [1.29, 1.82) is 0 Å². The molecule has 5 nitrogen and oxygen atoms in total. The first-order valence-electron chi connectivity index (χ1n) is 4.51. The Hall–Kier alpha value is -1.10. The molecule has 0 heterocycles. The molecule has 0 rings (SSSR count). The van der Waals surface area contributed by atoms with E-state index in [1.54, 1.807) is 27.8 Å². The minimum absolute atomic E-state index is 0.0640. The van der Waals surface area contributed by atoms with Gasteiger partial charge >= 0.3 is 5.97 Å². The molecule has 3 N–H and O–H groups in total. The summed E-state index contributed by atoms with van der Waals surface area (Å²) < 4.78 is 0. The Morgan fingerprint density at radius 3 is 2.29 bits per heavy atom. The molecule has 1 amide bonds. The van der Waals surface area contributed by atoms with Crippen LogP contribution in [0.2, 0.25) is 0 Å². The van der Waals surface area contributed by atoms with Crippen LogP contribution in [0, 0.1) is 0 Å². The van der Waals surface area contributed by atoms with Crippen LogP contribution >= 0.6 is 0 Å². The van der Waals surface area contributed by atoms with E-state index in [-0.39, 0.29) is 18.4 Å².